The molecule has 1 aromatic rings. The van der Waals surface area contributed by atoms with Crippen LogP contribution in [0.2, 0.25) is 5.02 Å². The predicted molar refractivity (Wildman–Crippen MR) is 73.9 cm³/mol. The molecule has 1 aromatic carbocycles. The summed E-state index contributed by atoms with van der Waals surface area (Å²) in [6.45, 7) is 2.19. The van der Waals surface area contributed by atoms with Crippen LogP contribution in [0.3, 0.4) is 0 Å². The van der Waals surface area contributed by atoms with Gasteiger partial charge in [-0.1, -0.05) is 31.0 Å². The van der Waals surface area contributed by atoms with Crippen molar-refractivity contribution in [1.29, 1.82) is 5.26 Å². The number of ether oxygens (including phenoxy) is 1. The molecule has 0 radical (unpaired) electrons. The number of nitriles is 1. The van der Waals surface area contributed by atoms with Crippen LogP contribution in [0.25, 0.3) is 0 Å². The second-order valence-corrected chi connectivity index (χ2v) is 4.52. The number of carbonyl (C=O) groups is 1. The quantitative estimate of drug-likeness (QED) is 0.871. The van der Waals surface area contributed by atoms with Crippen molar-refractivity contribution in [2.24, 2.45) is 5.92 Å². The van der Waals surface area contributed by atoms with E-state index in [-0.39, 0.29) is 12.5 Å². The van der Waals surface area contributed by atoms with Gasteiger partial charge in [0, 0.05) is 17.1 Å². The predicted octanol–water partition coefficient (Wildman–Crippen LogP) is 2.90. The van der Waals surface area contributed by atoms with E-state index in [0.717, 1.165) is 6.42 Å². The summed E-state index contributed by atoms with van der Waals surface area (Å²) in [5, 5.41) is 12.2. The first-order chi connectivity index (χ1) is 9.13. The lowest BCUT2D eigenvalue weighted by Crippen LogP contribution is -2.29. The summed E-state index contributed by atoms with van der Waals surface area (Å²) >= 11 is 6.07. The Morgan fingerprint density at radius 2 is 2.32 bits per heavy atom. The number of methoxy groups -OCH3 is 1. The number of hydrogen-bond donors (Lipinski definition) is 1. The van der Waals surface area contributed by atoms with E-state index in [0.29, 0.717) is 22.8 Å². The maximum atomic E-state index is 11.8. The summed E-state index contributed by atoms with van der Waals surface area (Å²) in [4.78, 5) is 11.8. The highest BCUT2D eigenvalue weighted by Gasteiger charge is 2.17. The third kappa shape index (κ3) is 4.15. The Morgan fingerprint density at radius 3 is 2.89 bits per heavy atom. The van der Waals surface area contributed by atoms with Gasteiger partial charge in [0.2, 0.25) is 5.91 Å². The number of amides is 1. The maximum absolute atomic E-state index is 11.8. The van der Waals surface area contributed by atoms with Crippen molar-refractivity contribution >= 4 is 17.5 Å². The molecule has 1 N–H and O–H groups in total. The van der Waals surface area contributed by atoms with E-state index in [1.165, 1.54) is 0 Å². The molecule has 0 fully saturated rings. The molecule has 0 aliphatic heterocycles. The lowest BCUT2D eigenvalue weighted by atomic mass is 10.0. The molecule has 5 heteroatoms. The highest BCUT2D eigenvalue weighted by molar-refractivity contribution is 6.31. The zero-order valence-corrected chi connectivity index (χ0v) is 11.8. The molecule has 0 spiro atoms. The van der Waals surface area contributed by atoms with Crippen LogP contribution in [0.15, 0.2) is 18.2 Å². The molecular weight excluding hydrogens is 264 g/mol. The van der Waals surface area contributed by atoms with Gasteiger partial charge in [-0.2, -0.15) is 5.26 Å². The van der Waals surface area contributed by atoms with E-state index in [1.54, 1.807) is 25.3 Å². The molecular formula is C14H17ClN2O2. The Morgan fingerprint density at radius 1 is 1.58 bits per heavy atom. The molecule has 0 saturated heterocycles. The first-order valence-corrected chi connectivity index (χ1v) is 6.50. The molecule has 1 rings (SSSR count). The van der Waals surface area contributed by atoms with Gasteiger partial charge in [-0.15, -0.1) is 0 Å². The Hall–Kier alpha value is -1.73. The minimum Gasteiger partial charge on any atom is -0.496 e. The fourth-order valence-corrected chi connectivity index (χ4v) is 1.98. The fourth-order valence-electron chi connectivity index (χ4n) is 1.74. The number of nitrogens with zero attached hydrogens (tertiary/aromatic N) is 1. The largest absolute Gasteiger partial charge is 0.496 e. The average molecular weight is 281 g/mol. The highest BCUT2D eigenvalue weighted by Crippen LogP contribution is 2.25. The third-order valence-electron chi connectivity index (χ3n) is 2.78. The number of hydrogen-bond acceptors (Lipinski definition) is 3. The summed E-state index contributed by atoms with van der Waals surface area (Å²) in [6, 6.07) is 7.30. The molecule has 102 valence electrons. The summed E-state index contributed by atoms with van der Waals surface area (Å²) in [7, 11) is 1.55. The zero-order chi connectivity index (χ0) is 14.3. The molecule has 0 bridgehead atoms. The van der Waals surface area contributed by atoms with Crippen LogP contribution < -0.4 is 10.1 Å². The number of carbonyl (C=O) groups excluding carboxylic acids is 1. The second-order valence-electron chi connectivity index (χ2n) is 4.11. The minimum atomic E-state index is -0.613. The van der Waals surface area contributed by atoms with Crippen LogP contribution >= 0.6 is 11.6 Å². The van der Waals surface area contributed by atoms with E-state index in [4.69, 9.17) is 21.6 Å². The van der Waals surface area contributed by atoms with Crippen molar-refractivity contribution in [3.63, 3.8) is 0 Å². The Balaban J connectivity index is 2.72. The molecule has 0 saturated carbocycles. The van der Waals surface area contributed by atoms with Gasteiger partial charge in [-0.25, -0.2) is 0 Å². The molecule has 4 nitrogen and oxygen atoms in total. The average Bonchev–Trinajstić information content (AvgIpc) is 2.42. The standard InChI is InChI=1S/C14H17ClN2O2/c1-3-5-10(8-16)14(18)17-9-11-12(15)6-4-7-13(11)19-2/h4,6-7,10H,3,5,9H2,1-2H3,(H,17,18). The third-order valence-corrected chi connectivity index (χ3v) is 3.14. The smallest absolute Gasteiger partial charge is 0.237 e. The van der Waals surface area contributed by atoms with E-state index < -0.39 is 5.92 Å². The van der Waals surface area contributed by atoms with Gasteiger partial charge < -0.3 is 10.1 Å². The van der Waals surface area contributed by atoms with Gasteiger partial charge in [-0.05, 0) is 18.6 Å². The van der Waals surface area contributed by atoms with Gasteiger partial charge >= 0.3 is 0 Å². The SMILES string of the molecule is CCCC(C#N)C(=O)NCc1c(Cl)cccc1OC. The van der Waals surface area contributed by atoms with Crippen LogP contribution in [-0.2, 0) is 11.3 Å². The molecule has 1 amide bonds. The zero-order valence-electron chi connectivity index (χ0n) is 11.1. The summed E-state index contributed by atoms with van der Waals surface area (Å²) in [5.41, 5.74) is 0.716. The number of rotatable bonds is 6. The number of nitrogens with one attached hydrogen (secondary N) is 1. The normalized spacial score (nSPS) is 11.5. The van der Waals surface area contributed by atoms with E-state index in [2.05, 4.69) is 5.32 Å². The van der Waals surface area contributed by atoms with Gasteiger partial charge in [0.15, 0.2) is 0 Å². The topological polar surface area (TPSA) is 62.1 Å². The minimum absolute atomic E-state index is 0.254. The van der Waals surface area contributed by atoms with Crippen LogP contribution in [0.1, 0.15) is 25.3 Å². The van der Waals surface area contributed by atoms with Crippen LogP contribution in [0, 0.1) is 17.2 Å². The van der Waals surface area contributed by atoms with Crippen molar-refractivity contribution in [3.8, 4) is 11.8 Å². The van der Waals surface area contributed by atoms with Gasteiger partial charge in [0.1, 0.15) is 11.7 Å². The van der Waals surface area contributed by atoms with Crippen molar-refractivity contribution < 1.29 is 9.53 Å². The molecule has 19 heavy (non-hydrogen) atoms. The van der Waals surface area contributed by atoms with Crippen LogP contribution in [0.4, 0.5) is 0 Å². The van der Waals surface area contributed by atoms with E-state index in [1.807, 2.05) is 13.0 Å². The van der Waals surface area contributed by atoms with Gasteiger partial charge in [0.25, 0.3) is 0 Å². The first-order valence-electron chi connectivity index (χ1n) is 6.12. The van der Waals surface area contributed by atoms with Crippen LogP contribution in [-0.4, -0.2) is 13.0 Å². The highest BCUT2D eigenvalue weighted by atomic mass is 35.5. The van der Waals surface area contributed by atoms with Gasteiger partial charge in [0.05, 0.1) is 13.2 Å². The maximum Gasteiger partial charge on any atom is 0.237 e. The molecule has 1 unspecified atom stereocenters. The van der Waals surface area contributed by atoms with Crippen molar-refractivity contribution in [1.82, 2.24) is 5.32 Å². The second kappa shape index (κ2) is 7.65. The van der Waals surface area contributed by atoms with Crippen molar-refractivity contribution in [3.05, 3.63) is 28.8 Å². The van der Waals surface area contributed by atoms with Gasteiger partial charge in [-0.3, -0.25) is 4.79 Å². The monoisotopic (exact) mass is 280 g/mol. The summed E-state index contributed by atoms with van der Waals surface area (Å²) in [6.07, 6.45) is 1.35. The lowest BCUT2D eigenvalue weighted by Gasteiger charge is -2.13. The molecule has 0 aliphatic rings. The Kier molecular flexibility index (Phi) is 6.17. The first kappa shape index (κ1) is 15.3. The Labute approximate surface area is 118 Å². The molecule has 0 heterocycles. The number of halogens is 1. The van der Waals surface area contributed by atoms with E-state index in [9.17, 15) is 4.79 Å². The molecule has 1 atom stereocenters. The summed E-state index contributed by atoms with van der Waals surface area (Å²) < 4.78 is 5.19. The molecule has 0 aromatic heterocycles. The molecule has 0 aliphatic carbocycles. The van der Waals surface area contributed by atoms with Crippen LogP contribution in [0.5, 0.6) is 5.75 Å². The van der Waals surface area contributed by atoms with Crippen molar-refractivity contribution in [2.75, 3.05) is 7.11 Å². The van der Waals surface area contributed by atoms with Crippen molar-refractivity contribution in [2.45, 2.75) is 26.3 Å². The summed E-state index contributed by atoms with van der Waals surface area (Å²) in [5.74, 6) is -0.262. The van der Waals surface area contributed by atoms with E-state index >= 15 is 0 Å². The fraction of sp³-hybridized carbons (Fsp3) is 0.429. The number of benzene rings is 1. The Bertz CT molecular complexity index is 483. The lowest BCUT2D eigenvalue weighted by molar-refractivity contribution is -0.123.